The smallest absolute Gasteiger partial charge is 0.259 e. The van der Waals surface area contributed by atoms with Crippen molar-refractivity contribution in [1.29, 1.82) is 0 Å². The van der Waals surface area contributed by atoms with Crippen molar-refractivity contribution in [3.63, 3.8) is 0 Å². The Labute approximate surface area is 79.2 Å². The van der Waals surface area contributed by atoms with Gasteiger partial charge in [0, 0.05) is 6.54 Å². The van der Waals surface area contributed by atoms with E-state index < -0.39 is 5.91 Å². The Balaban J connectivity index is 3.32. The van der Waals surface area contributed by atoms with Crippen molar-refractivity contribution >= 4 is 12.1 Å². The first-order chi connectivity index (χ1) is 5.92. The Morgan fingerprint density at radius 2 is 2.15 bits per heavy atom. The zero-order valence-electron chi connectivity index (χ0n) is 8.58. The van der Waals surface area contributed by atoms with Gasteiger partial charge in [-0.3, -0.25) is 15.1 Å². The Hall–Kier alpha value is -0.940. The molecule has 5 nitrogen and oxygen atoms in total. The van der Waals surface area contributed by atoms with Crippen LogP contribution in [0.4, 0.5) is 0 Å². The number of primary amides is 1. The van der Waals surface area contributed by atoms with Crippen LogP contribution in [0.25, 0.3) is 0 Å². The minimum absolute atomic E-state index is 0.494. The quantitative estimate of drug-likeness (QED) is 0.237. The van der Waals surface area contributed by atoms with Gasteiger partial charge in [-0.2, -0.15) is 0 Å². The van der Waals surface area contributed by atoms with E-state index in [2.05, 4.69) is 31.5 Å². The first-order valence-corrected chi connectivity index (χ1v) is 4.22. The summed E-state index contributed by atoms with van der Waals surface area (Å²) in [5.41, 5.74) is 4.86. The molecule has 0 unspecified atom stereocenters. The van der Waals surface area contributed by atoms with E-state index in [1.165, 1.54) is 0 Å². The number of nitrogens with two attached hydrogens (primary N) is 1. The van der Waals surface area contributed by atoms with E-state index in [9.17, 15) is 4.79 Å². The molecule has 0 spiro atoms. The molecule has 0 aromatic carbocycles. The number of amides is 1. The maximum atomic E-state index is 10.2. The summed E-state index contributed by atoms with van der Waals surface area (Å²) in [5.74, 6) is -0.494. The standard InChI is InChI=1S/C8H18N4O/c1-12(2,3)7-11-5-4-10-6-8(9)13/h6,11H,4-5,7H2,1-3H3,(H-,9,13)/p+1. The normalized spacial score (nSPS) is 12.2. The monoisotopic (exact) mass is 187 g/mol. The molecule has 0 aliphatic rings. The lowest BCUT2D eigenvalue weighted by Crippen LogP contribution is -2.43. The van der Waals surface area contributed by atoms with E-state index in [-0.39, 0.29) is 0 Å². The number of nitrogens with one attached hydrogen (secondary N) is 1. The Kier molecular flexibility index (Phi) is 5.25. The summed E-state index contributed by atoms with van der Waals surface area (Å²) in [4.78, 5) is 14.1. The molecule has 13 heavy (non-hydrogen) atoms. The third-order valence-corrected chi connectivity index (χ3v) is 1.22. The Bertz CT molecular complexity index is 183. The minimum atomic E-state index is -0.494. The predicted octanol–water partition coefficient (Wildman–Crippen LogP) is -1.20. The van der Waals surface area contributed by atoms with Gasteiger partial charge in [-0.1, -0.05) is 0 Å². The fourth-order valence-electron chi connectivity index (χ4n) is 0.713. The second-order valence-electron chi connectivity index (χ2n) is 3.89. The Morgan fingerprint density at radius 3 is 2.62 bits per heavy atom. The summed E-state index contributed by atoms with van der Waals surface area (Å²) in [6, 6.07) is 0. The van der Waals surface area contributed by atoms with Crippen molar-refractivity contribution in [2.75, 3.05) is 40.9 Å². The summed E-state index contributed by atoms with van der Waals surface area (Å²) >= 11 is 0. The molecule has 0 aliphatic heterocycles. The minimum Gasteiger partial charge on any atom is -0.365 e. The number of carbonyl (C=O) groups is 1. The molecule has 0 fully saturated rings. The molecule has 0 heterocycles. The van der Waals surface area contributed by atoms with Gasteiger partial charge in [-0.25, -0.2) is 0 Å². The highest BCUT2D eigenvalue weighted by Crippen LogP contribution is 1.83. The first-order valence-electron chi connectivity index (χ1n) is 4.22. The average molecular weight is 187 g/mol. The van der Waals surface area contributed by atoms with E-state index in [1.807, 2.05) is 0 Å². The van der Waals surface area contributed by atoms with E-state index in [0.717, 1.165) is 23.9 Å². The van der Waals surface area contributed by atoms with Crippen LogP contribution in [0.15, 0.2) is 4.99 Å². The van der Waals surface area contributed by atoms with E-state index in [0.29, 0.717) is 6.54 Å². The van der Waals surface area contributed by atoms with Gasteiger partial charge < -0.3 is 10.2 Å². The first kappa shape index (κ1) is 12.1. The predicted molar refractivity (Wildman–Crippen MR) is 53.5 cm³/mol. The van der Waals surface area contributed by atoms with Crippen molar-refractivity contribution < 1.29 is 9.28 Å². The molecule has 76 valence electrons. The van der Waals surface area contributed by atoms with Gasteiger partial charge in [-0.05, 0) is 0 Å². The van der Waals surface area contributed by atoms with Gasteiger partial charge in [0.2, 0.25) is 0 Å². The number of hydrogen-bond acceptors (Lipinski definition) is 3. The average Bonchev–Trinajstić information content (AvgIpc) is 1.93. The number of nitrogens with zero attached hydrogens (tertiary/aromatic N) is 2. The molecule has 0 rings (SSSR count). The van der Waals surface area contributed by atoms with Gasteiger partial charge in [0.1, 0.15) is 6.67 Å². The van der Waals surface area contributed by atoms with Crippen LogP contribution in [-0.2, 0) is 4.79 Å². The van der Waals surface area contributed by atoms with Crippen LogP contribution in [0, 0.1) is 0 Å². The number of hydrogen-bond donors (Lipinski definition) is 2. The van der Waals surface area contributed by atoms with Crippen LogP contribution in [0.1, 0.15) is 0 Å². The molecule has 0 radical (unpaired) electrons. The number of rotatable bonds is 6. The highest BCUT2D eigenvalue weighted by atomic mass is 16.1. The van der Waals surface area contributed by atoms with Gasteiger partial charge in [0.05, 0.1) is 33.9 Å². The van der Waals surface area contributed by atoms with Gasteiger partial charge in [0.15, 0.2) is 0 Å². The van der Waals surface area contributed by atoms with Crippen LogP contribution in [0.2, 0.25) is 0 Å². The number of quaternary nitrogens is 1. The summed E-state index contributed by atoms with van der Waals surface area (Å²) < 4.78 is 0.861. The van der Waals surface area contributed by atoms with E-state index in [4.69, 9.17) is 5.73 Å². The van der Waals surface area contributed by atoms with Crippen LogP contribution in [-0.4, -0.2) is 57.5 Å². The van der Waals surface area contributed by atoms with Gasteiger partial charge in [0.25, 0.3) is 5.91 Å². The second-order valence-corrected chi connectivity index (χ2v) is 3.89. The largest absolute Gasteiger partial charge is 0.365 e. The van der Waals surface area contributed by atoms with Crippen LogP contribution in [0.5, 0.6) is 0 Å². The van der Waals surface area contributed by atoms with Crippen molar-refractivity contribution in [2.24, 2.45) is 10.7 Å². The lowest BCUT2D eigenvalue weighted by atomic mass is 10.6. The Morgan fingerprint density at radius 1 is 1.54 bits per heavy atom. The molecule has 0 saturated heterocycles. The molecule has 0 aromatic rings. The summed E-state index contributed by atoms with van der Waals surface area (Å²) in [6.45, 7) is 2.23. The van der Waals surface area contributed by atoms with Gasteiger partial charge in [-0.15, -0.1) is 0 Å². The van der Waals surface area contributed by atoms with Crippen molar-refractivity contribution in [2.45, 2.75) is 0 Å². The van der Waals surface area contributed by atoms with E-state index >= 15 is 0 Å². The molecule has 0 atom stereocenters. The highest BCUT2D eigenvalue weighted by Gasteiger charge is 2.03. The number of carbonyl (C=O) groups excluding carboxylic acids is 1. The third-order valence-electron chi connectivity index (χ3n) is 1.22. The lowest BCUT2D eigenvalue weighted by molar-refractivity contribution is -0.873. The van der Waals surface area contributed by atoms with Crippen LogP contribution in [0.3, 0.4) is 0 Å². The molecule has 0 aromatic heterocycles. The van der Waals surface area contributed by atoms with Crippen LogP contribution < -0.4 is 11.1 Å². The number of aliphatic imine (C=N–C) groups is 1. The SMILES string of the molecule is C[N+](C)(C)CNCCN=CC(N)=O. The molecule has 5 heteroatoms. The fraction of sp³-hybridized carbons (Fsp3) is 0.750. The second kappa shape index (κ2) is 5.66. The zero-order valence-corrected chi connectivity index (χ0v) is 8.58. The maximum Gasteiger partial charge on any atom is 0.259 e. The van der Waals surface area contributed by atoms with Crippen molar-refractivity contribution in [3.05, 3.63) is 0 Å². The molecule has 1 amide bonds. The molecule has 0 saturated carbocycles. The zero-order chi connectivity index (χ0) is 10.3. The fourth-order valence-corrected chi connectivity index (χ4v) is 0.713. The molecule has 3 N–H and O–H groups in total. The molecular formula is C8H19N4O+. The van der Waals surface area contributed by atoms with E-state index in [1.54, 1.807) is 0 Å². The van der Waals surface area contributed by atoms with Crippen LogP contribution >= 0.6 is 0 Å². The highest BCUT2D eigenvalue weighted by molar-refractivity contribution is 6.25. The lowest BCUT2D eigenvalue weighted by Gasteiger charge is -2.23. The topological polar surface area (TPSA) is 67.5 Å². The van der Waals surface area contributed by atoms with Gasteiger partial charge >= 0.3 is 0 Å². The summed E-state index contributed by atoms with van der Waals surface area (Å²) in [7, 11) is 6.29. The maximum absolute atomic E-state index is 10.2. The molecule has 0 aliphatic carbocycles. The van der Waals surface area contributed by atoms with Crippen molar-refractivity contribution in [1.82, 2.24) is 5.32 Å². The van der Waals surface area contributed by atoms with Crippen molar-refractivity contribution in [3.8, 4) is 0 Å². The summed E-state index contributed by atoms with van der Waals surface area (Å²) in [6.07, 6.45) is 1.15. The third kappa shape index (κ3) is 11.1. The molecule has 0 bridgehead atoms. The summed E-state index contributed by atoms with van der Waals surface area (Å²) in [5, 5.41) is 3.21. The molecular weight excluding hydrogens is 168 g/mol.